The summed E-state index contributed by atoms with van der Waals surface area (Å²) in [4.78, 5) is 0. The minimum atomic E-state index is 0.139. The molecule has 21 heavy (non-hydrogen) atoms. The lowest BCUT2D eigenvalue weighted by Gasteiger charge is -2.28. The monoisotopic (exact) mass is 279 g/mol. The average Bonchev–Trinajstić information content (AvgIpc) is 2.46. The van der Waals surface area contributed by atoms with Gasteiger partial charge in [0.05, 0.1) is 0 Å². The lowest BCUT2D eigenvalue weighted by molar-refractivity contribution is 0.476. The molecule has 1 aliphatic carbocycles. The van der Waals surface area contributed by atoms with Crippen LogP contribution < -0.4 is 5.73 Å². The molecule has 1 aliphatic rings. The summed E-state index contributed by atoms with van der Waals surface area (Å²) in [7, 11) is 0. The van der Waals surface area contributed by atoms with Gasteiger partial charge in [0.2, 0.25) is 0 Å². The Kier molecular flexibility index (Phi) is 4.12. The molecule has 0 aromatic heterocycles. The van der Waals surface area contributed by atoms with Gasteiger partial charge in [-0.1, -0.05) is 53.6 Å². The van der Waals surface area contributed by atoms with E-state index in [1.165, 1.54) is 47.1 Å². The van der Waals surface area contributed by atoms with E-state index >= 15 is 0 Å². The van der Waals surface area contributed by atoms with E-state index in [1.807, 2.05) is 0 Å². The van der Waals surface area contributed by atoms with Crippen LogP contribution in [0, 0.1) is 13.8 Å². The zero-order valence-electron chi connectivity index (χ0n) is 13.1. The lowest BCUT2D eigenvalue weighted by Crippen LogP contribution is -2.18. The molecule has 0 saturated heterocycles. The normalized spacial score (nSPS) is 19.1. The molecule has 1 nitrogen and oxygen atoms in total. The largest absolute Gasteiger partial charge is 0.324 e. The maximum atomic E-state index is 6.52. The minimum Gasteiger partial charge on any atom is -0.324 e. The topological polar surface area (TPSA) is 26.0 Å². The van der Waals surface area contributed by atoms with Gasteiger partial charge in [0, 0.05) is 6.04 Å². The van der Waals surface area contributed by atoms with E-state index in [-0.39, 0.29) is 6.04 Å². The summed E-state index contributed by atoms with van der Waals surface area (Å²) in [6.45, 7) is 4.30. The van der Waals surface area contributed by atoms with Gasteiger partial charge in [0.1, 0.15) is 0 Å². The maximum Gasteiger partial charge on any atom is 0.0300 e. The van der Waals surface area contributed by atoms with E-state index in [0.29, 0.717) is 5.92 Å². The molecule has 0 aliphatic heterocycles. The van der Waals surface area contributed by atoms with Crippen molar-refractivity contribution < 1.29 is 0 Å². The van der Waals surface area contributed by atoms with Gasteiger partial charge in [-0.2, -0.15) is 0 Å². The number of hydrogen-bond acceptors (Lipinski definition) is 1. The van der Waals surface area contributed by atoms with Crippen molar-refractivity contribution in [3.05, 3.63) is 70.3 Å². The second-order valence-corrected chi connectivity index (χ2v) is 6.55. The summed E-state index contributed by atoms with van der Waals surface area (Å²) in [6.07, 6.45) is 4.85. The van der Waals surface area contributed by atoms with Crippen LogP contribution >= 0.6 is 0 Å². The van der Waals surface area contributed by atoms with E-state index in [2.05, 4.69) is 56.3 Å². The molecular formula is C20H25N. The standard InChI is InChI=1S/C20H25N/c1-14-10-15(2)12-18(11-14)20(21)13-17-8-5-7-16-6-3-4-9-19(16)17/h3-4,6,9-12,17,20H,5,7-8,13,21H2,1-2H3. The molecule has 0 spiro atoms. The second kappa shape index (κ2) is 6.03. The number of hydrogen-bond donors (Lipinski definition) is 1. The molecule has 0 fully saturated rings. The van der Waals surface area contributed by atoms with Crippen molar-refractivity contribution in [2.24, 2.45) is 5.73 Å². The first-order chi connectivity index (χ1) is 10.1. The van der Waals surface area contributed by atoms with Crippen LogP contribution in [0.5, 0.6) is 0 Å². The van der Waals surface area contributed by atoms with Crippen molar-refractivity contribution in [2.45, 2.75) is 51.5 Å². The molecular weight excluding hydrogens is 254 g/mol. The Morgan fingerprint density at radius 1 is 1.10 bits per heavy atom. The molecule has 0 amide bonds. The van der Waals surface area contributed by atoms with E-state index in [4.69, 9.17) is 5.73 Å². The quantitative estimate of drug-likeness (QED) is 0.857. The van der Waals surface area contributed by atoms with E-state index in [0.717, 1.165) is 6.42 Å². The fourth-order valence-corrected chi connectivity index (χ4v) is 3.77. The molecule has 110 valence electrons. The van der Waals surface area contributed by atoms with Gasteiger partial charge in [0.25, 0.3) is 0 Å². The number of aryl methyl sites for hydroxylation is 3. The van der Waals surface area contributed by atoms with Crippen molar-refractivity contribution in [1.29, 1.82) is 0 Å². The summed E-state index contributed by atoms with van der Waals surface area (Å²) < 4.78 is 0. The third-order valence-corrected chi connectivity index (χ3v) is 4.70. The summed E-state index contributed by atoms with van der Waals surface area (Å²) in [5.41, 5.74) is 13.5. The zero-order chi connectivity index (χ0) is 14.8. The van der Waals surface area contributed by atoms with Crippen molar-refractivity contribution in [1.82, 2.24) is 0 Å². The number of benzene rings is 2. The molecule has 2 aromatic rings. The van der Waals surface area contributed by atoms with Crippen LogP contribution in [0.1, 0.15) is 59.0 Å². The predicted octanol–water partition coefficient (Wildman–Crippen LogP) is 4.81. The Morgan fingerprint density at radius 3 is 2.57 bits per heavy atom. The summed E-state index contributed by atoms with van der Waals surface area (Å²) in [5.74, 6) is 0.616. The number of rotatable bonds is 3. The summed E-state index contributed by atoms with van der Waals surface area (Å²) >= 11 is 0. The Labute approximate surface area is 128 Å². The summed E-state index contributed by atoms with van der Waals surface area (Å²) in [5, 5.41) is 0. The molecule has 2 atom stereocenters. The zero-order valence-corrected chi connectivity index (χ0v) is 13.1. The Bertz CT molecular complexity index is 609. The van der Waals surface area contributed by atoms with Gasteiger partial charge in [-0.25, -0.2) is 0 Å². The van der Waals surface area contributed by atoms with Gasteiger partial charge >= 0.3 is 0 Å². The second-order valence-electron chi connectivity index (χ2n) is 6.55. The van der Waals surface area contributed by atoms with Crippen molar-refractivity contribution in [2.75, 3.05) is 0 Å². The highest BCUT2D eigenvalue weighted by atomic mass is 14.6. The van der Waals surface area contributed by atoms with Crippen LogP contribution in [0.25, 0.3) is 0 Å². The third kappa shape index (κ3) is 3.19. The molecule has 1 heteroatoms. The van der Waals surface area contributed by atoms with Crippen molar-refractivity contribution in [3.63, 3.8) is 0 Å². The lowest BCUT2D eigenvalue weighted by atomic mass is 9.78. The van der Waals surface area contributed by atoms with E-state index < -0.39 is 0 Å². The van der Waals surface area contributed by atoms with Gasteiger partial charge in [-0.3, -0.25) is 0 Å². The number of fused-ring (bicyclic) bond motifs is 1. The highest BCUT2D eigenvalue weighted by molar-refractivity contribution is 5.34. The van der Waals surface area contributed by atoms with Crippen LogP contribution in [0.2, 0.25) is 0 Å². The van der Waals surface area contributed by atoms with Crippen LogP contribution in [0.15, 0.2) is 42.5 Å². The van der Waals surface area contributed by atoms with E-state index in [1.54, 1.807) is 0 Å². The Hall–Kier alpha value is -1.60. The van der Waals surface area contributed by atoms with Crippen LogP contribution in [0.3, 0.4) is 0 Å². The molecule has 0 saturated carbocycles. The van der Waals surface area contributed by atoms with Gasteiger partial charge in [0.15, 0.2) is 0 Å². The molecule has 2 unspecified atom stereocenters. The molecule has 0 bridgehead atoms. The first kappa shape index (κ1) is 14.3. The van der Waals surface area contributed by atoms with Gasteiger partial charge in [-0.15, -0.1) is 0 Å². The number of nitrogens with two attached hydrogens (primary N) is 1. The highest BCUT2D eigenvalue weighted by Gasteiger charge is 2.22. The maximum absolute atomic E-state index is 6.52. The third-order valence-electron chi connectivity index (χ3n) is 4.70. The fourth-order valence-electron chi connectivity index (χ4n) is 3.77. The Morgan fingerprint density at radius 2 is 1.81 bits per heavy atom. The summed E-state index contributed by atoms with van der Waals surface area (Å²) in [6, 6.07) is 15.7. The van der Waals surface area contributed by atoms with Gasteiger partial charge < -0.3 is 5.73 Å². The molecule has 3 rings (SSSR count). The van der Waals surface area contributed by atoms with Crippen molar-refractivity contribution in [3.8, 4) is 0 Å². The highest BCUT2D eigenvalue weighted by Crippen LogP contribution is 2.37. The first-order valence-corrected chi connectivity index (χ1v) is 8.05. The molecule has 0 radical (unpaired) electrons. The van der Waals surface area contributed by atoms with Crippen LogP contribution in [0.4, 0.5) is 0 Å². The Balaban J connectivity index is 1.81. The first-order valence-electron chi connectivity index (χ1n) is 8.05. The minimum absolute atomic E-state index is 0.139. The van der Waals surface area contributed by atoms with Crippen LogP contribution in [-0.2, 0) is 6.42 Å². The van der Waals surface area contributed by atoms with Crippen LogP contribution in [-0.4, -0.2) is 0 Å². The SMILES string of the molecule is Cc1cc(C)cc(C(N)CC2CCCc3ccccc32)c1. The predicted molar refractivity (Wildman–Crippen MR) is 89.6 cm³/mol. The van der Waals surface area contributed by atoms with E-state index in [9.17, 15) is 0 Å². The smallest absolute Gasteiger partial charge is 0.0300 e. The molecule has 2 N–H and O–H groups in total. The average molecular weight is 279 g/mol. The molecule has 2 aromatic carbocycles. The van der Waals surface area contributed by atoms with Crippen molar-refractivity contribution >= 4 is 0 Å². The fraction of sp³-hybridized carbons (Fsp3) is 0.400. The molecule has 0 heterocycles. The van der Waals surface area contributed by atoms with Gasteiger partial charge in [-0.05, 0) is 62.1 Å².